The predicted molar refractivity (Wildman–Crippen MR) is 91.8 cm³/mol. The summed E-state index contributed by atoms with van der Waals surface area (Å²) in [7, 11) is 0. The first-order valence-corrected chi connectivity index (χ1v) is 8.09. The third kappa shape index (κ3) is 6.42. The highest BCUT2D eigenvalue weighted by atomic mass is 16.4. The van der Waals surface area contributed by atoms with Crippen LogP contribution in [0.3, 0.4) is 0 Å². The molecule has 2 amide bonds. The minimum absolute atomic E-state index is 0.0819. The van der Waals surface area contributed by atoms with Gasteiger partial charge >= 0.3 is 5.97 Å². The van der Waals surface area contributed by atoms with Gasteiger partial charge in [-0.15, -0.1) is 0 Å². The second-order valence-electron chi connectivity index (χ2n) is 5.90. The molecule has 0 radical (unpaired) electrons. The first kappa shape index (κ1) is 20.4. The Morgan fingerprint density at radius 2 is 1.76 bits per heavy atom. The first-order valence-electron chi connectivity index (χ1n) is 8.09. The van der Waals surface area contributed by atoms with E-state index in [0.29, 0.717) is 12.0 Å². The molecule has 0 aliphatic heterocycles. The van der Waals surface area contributed by atoms with Crippen molar-refractivity contribution in [1.82, 2.24) is 10.6 Å². The largest absolute Gasteiger partial charge is 0.508 e. The highest BCUT2D eigenvalue weighted by molar-refractivity contribution is 5.91. The summed E-state index contributed by atoms with van der Waals surface area (Å²) in [6.45, 7) is 3.27. The van der Waals surface area contributed by atoms with Crippen LogP contribution >= 0.6 is 0 Å². The molecule has 138 valence electrons. The molecule has 1 rings (SSSR count). The second-order valence-corrected chi connectivity index (χ2v) is 5.90. The van der Waals surface area contributed by atoms with E-state index in [1.54, 1.807) is 19.1 Å². The Morgan fingerprint density at radius 1 is 1.16 bits per heavy atom. The number of carbonyl (C=O) groups is 3. The van der Waals surface area contributed by atoms with E-state index in [1.807, 2.05) is 6.92 Å². The highest BCUT2D eigenvalue weighted by Gasteiger charge is 2.29. The van der Waals surface area contributed by atoms with Gasteiger partial charge in [0.25, 0.3) is 0 Å². The molecule has 0 heterocycles. The third-order valence-electron chi connectivity index (χ3n) is 3.99. The zero-order valence-electron chi connectivity index (χ0n) is 14.4. The van der Waals surface area contributed by atoms with Gasteiger partial charge in [-0.05, 0) is 23.6 Å². The molecule has 0 spiro atoms. The van der Waals surface area contributed by atoms with Gasteiger partial charge in [-0.3, -0.25) is 9.59 Å². The molecule has 25 heavy (non-hydrogen) atoms. The number of carbonyl (C=O) groups excluding carboxylic acids is 2. The minimum Gasteiger partial charge on any atom is -0.508 e. The van der Waals surface area contributed by atoms with Gasteiger partial charge in [0.15, 0.2) is 0 Å². The molecule has 8 heteroatoms. The Kier molecular flexibility index (Phi) is 7.87. The van der Waals surface area contributed by atoms with E-state index < -0.39 is 29.9 Å². The maximum atomic E-state index is 12.5. The van der Waals surface area contributed by atoms with Crippen molar-refractivity contribution >= 4 is 17.8 Å². The van der Waals surface area contributed by atoms with Crippen molar-refractivity contribution in [3.05, 3.63) is 29.8 Å². The number of nitrogens with two attached hydrogens (primary N) is 1. The summed E-state index contributed by atoms with van der Waals surface area (Å²) in [6, 6.07) is 4.16. The van der Waals surface area contributed by atoms with E-state index in [2.05, 4.69) is 10.6 Å². The minimum atomic E-state index is -1.13. The standard InChI is InChI=1S/C17H25N3O5/c1-3-10(2)15(17(24)25)20-16(23)13(19-14(22)9-18)8-11-4-6-12(21)7-5-11/h4-7,10,13,15,21H,3,8-9,18H2,1-2H3,(H,19,22)(H,20,23)(H,24,25)/t10-,13-,15-/m0/s1. The summed E-state index contributed by atoms with van der Waals surface area (Å²) in [6.07, 6.45) is 0.722. The lowest BCUT2D eigenvalue weighted by Crippen LogP contribution is -2.54. The van der Waals surface area contributed by atoms with Crippen LogP contribution in [0.25, 0.3) is 0 Å². The van der Waals surface area contributed by atoms with Crippen LogP contribution < -0.4 is 16.4 Å². The lowest BCUT2D eigenvalue weighted by molar-refractivity contribution is -0.143. The number of phenols is 1. The number of amides is 2. The van der Waals surface area contributed by atoms with Crippen molar-refractivity contribution < 1.29 is 24.6 Å². The number of aromatic hydroxyl groups is 1. The van der Waals surface area contributed by atoms with Crippen molar-refractivity contribution in [2.75, 3.05) is 6.54 Å². The van der Waals surface area contributed by atoms with E-state index in [1.165, 1.54) is 12.1 Å². The predicted octanol–water partition coefficient (Wildman–Crippen LogP) is -0.00630. The normalized spacial score (nSPS) is 14.2. The molecule has 0 bridgehead atoms. The van der Waals surface area contributed by atoms with Crippen LogP contribution in [0.4, 0.5) is 0 Å². The van der Waals surface area contributed by atoms with E-state index in [9.17, 15) is 24.6 Å². The monoisotopic (exact) mass is 351 g/mol. The zero-order chi connectivity index (χ0) is 19.0. The van der Waals surface area contributed by atoms with E-state index in [4.69, 9.17) is 5.73 Å². The van der Waals surface area contributed by atoms with Gasteiger partial charge < -0.3 is 26.6 Å². The van der Waals surface area contributed by atoms with Crippen molar-refractivity contribution in [1.29, 1.82) is 0 Å². The van der Waals surface area contributed by atoms with Crippen molar-refractivity contribution in [3.63, 3.8) is 0 Å². The number of carboxylic acids is 1. The molecule has 0 saturated carbocycles. The number of carboxylic acid groups (broad SMARTS) is 1. The Labute approximate surface area is 146 Å². The summed E-state index contributed by atoms with van der Waals surface area (Å²) in [4.78, 5) is 35.5. The molecule has 0 fully saturated rings. The number of hydrogen-bond donors (Lipinski definition) is 5. The van der Waals surface area contributed by atoms with Crippen LogP contribution in [0.1, 0.15) is 25.8 Å². The van der Waals surface area contributed by atoms with Crippen molar-refractivity contribution in [2.24, 2.45) is 11.7 Å². The van der Waals surface area contributed by atoms with Crippen LogP contribution in [-0.4, -0.2) is 46.6 Å². The average Bonchev–Trinajstić information content (AvgIpc) is 2.59. The highest BCUT2D eigenvalue weighted by Crippen LogP contribution is 2.13. The van der Waals surface area contributed by atoms with E-state index in [0.717, 1.165) is 0 Å². The Morgan fingerprint density at radius 3 is 2.24 bits per heavy atom. The fraction of sp³-hybridized carbons (Fsp3) is 0.471. The van der Waals surface area contributed by atoms with Gasteiger partial charge in [0.1, 0.15) is 17.8 Å². The summed E-state index contributed by atoms with van der Waals surface area (Å²) < 4.78 is 0. The fourth-order valence-corrected chi connectivity index (χ4v) is 2.27. The first-order chi connectivity index (χ1) is 11.8. The Hall–Kier alpha value is -2.61. The van der Waals surface area contributed by atoms with Crippen molar-refractivity contribution in [3.8, 4) is 5.75 Å². The van der Waals surface area contributed by atoms with Gasteiger partial charge in [0, 0.05) is 6.42 Å². The van der Waals surface area contributed by atoms with Gasteiger partial charge in [-0.2, -0.15) is 0 Å². The summed E-state index contributed by atoms with van der Waals surface area (Å²) in [5, 5.41) is 23.6. The van der Waals surface area contributed by atoms with Crippen LogP contribution in [0.5, 0.6) is 5.75 Å². The number of rotatable bonds is 9. The number of nitrogens with one attached hydrogen (secondary N) is 2. The summed E-state index contributed by atoms with van der Waals surface area (Å²) in [5.41, 5.74) is 5.98. The Bertz CT molecular complexity index is 603. The topological polar surface area (TPSA) is 142 Å². The average molecular weight is 351 g/mol. The summed E-state index contributed by atoms with van der Waals surface area (Å²) >= 11 is 0. The molecular weight excluding hydrogens is 326 g/mol. The molecular formula is C17H25N3O5. The van der Waals surface area contributed by atoms with Gasteiger partial charge in [0.2, 0.25) is 11.8 Å². The molecule has 0 aromatic heterocycles. The van der Waals surface area contributed by atoms with Crippen molar-refractivity contribution in [2.45, 2.75) is 38.8 Å². The molecule has 6 N–H and O–H groups in total. The quantitative estimate of drug-likeness (QED) is 0.424. The van der Waals surface area contributed by atoms with Gasteiger partial charge in [-0.1, -0.05) is 32.4 Å². The molecule has 0 aliphatic carbocycles. The second kappa shape index (κ2) is 9.63. The smallest absolute Gasteiger partial charge is 0.326 e. The molecule has 0 aliphatic rings. The molecule has 3 atom stereocenters. The maximum absolute atomic E-state index is 12.5. The summed E-state index contributed by atoms with van der Waals surface area (Å²) in [5.74, 6) is -2.42. The number of benzene rings is 1. The van der Waals surface area contributed by atoms with Crippen LogP contribution in [-0.2, 0) is 20.8 Å². The van der Waals surface area contributed by atoms with Crippen LogP contribution in [0.15, 0.2) is 24.3 Å². The van der Waals surface area contributed by atoms with Crippen LogP contribution in [0.2, 0.25) is 0 Å². The molecule has 0 saturated heterocycles. The zero-order valence-corrected chi connectivity index (χ0v) is 14.4. The third-order valence-corrected chi connectivity index (χ3v) is 3.99. The molecule has 8 nitrogen and oxygen atoms in total. The SMILES string of the molecule is CC[C@H](C)[C@H](NC(=O)[C@H](Cc1ccc(O)cc1)NC(=O)CN)C(=O)O. The molecule has 1 aromatic carbocycles. The van der Waals surface area contributed by atoms with Gasteiger partial charge in [-0.25, -0.2) is 4.79 Å². The lowest BCUT2D eigenvalue weighted by Gasteiger charge is -2.24. The van der Waals surface area contributed by atoms with E-state index >= 15 is 0 Å². The van der Waals surface area contributed by atoms with Crippen LogP contribution in [0, 0.1) is 5.92 Å². The number of hydrogen-bond acceptors (Lipinski definition) is 5. The number of aliphatic carboxylic acids is 1. The Balaban J connectivity index is 2.93. The molecule has 1 aromatic rings. The number of phenolic OH excluding ortho intramolecular Hbond substituents is 1. The lowest BCUT2D eigenvalue weighted by atomic mass is 9.98. The van der Waals surface area contributed by atoms with E-state index in [-0.39, 0.29) is 24.6 Å². The maximum Gasteiger partial charge on any atom is 0.326 e. The van der Waals surface area contributed by atoms with Gasteiger partial charge in [0.05, 0.1) is 6.54 Å². The fourth-order valence-electron chi connectivity index (χ4n) is 2.27. The molecule has 0 unspecified atom stereocenters.